The second-order valence-corrected chi connectivity index (χ2v) is 8.04. The molecule has 1 aliphatic heterocycles. The largest absolute Gasteiger partial charge is 0.492 e. The van der Waals surface area contributed by atoms with Gasteiger partial charge in [-0.15, -0.1) is 0 Å². The van der Waals surface area contributed by atoms with Gasteiger partial charge in [0.05, 0.1) is 17.9 Å². The number of hydrogen-bond donors (Lipinski definition) is 2. The summed E-state index contributed by atoms with van der Waals surface area (Å²) in [4.78, 5) is 11.5. The number of fused-ring (bicyclic) bond motifs is 1. The van der Waals surface area contributed by atoms with Gasteiger partial charge in [0.2, 0.25) is 0 Å². The van der Waals surface area contributed by atoms with Gasteiger partial charge in [0, 0.05) is 16.6 Å². The van der Waals surface area contributed by atoms with E-state index in [1.54, 1.807) is 13.0 Å². The van der Waals surface area contributed by atoms with Gasteiger partial charge in [-0.3, -0.25) is 4.72 Å². The fourth-order valence-electron chi connectivity index (χ4n) is 2.52. The maximum atomic E-state index is 12.9. The maximum Gasteiger partial charge on any atom is 0.337 e. The molecule has 0 atom stereocenters. The Labute approximate surface area is 164 Å². The van der Waals surface area contributed by atoms with Crippen LogP contribution < -0.4 is 18.9 Å². The number of carboxylic acids is 1. The van der Waals surface area contributed by atoms with Crippen molar-refractivity contribution < 1.29 is 32.5 Å². The second-order valence-electron chi connectivity index (χ2n) is 5.48. The molecule has 3 rings (SSSR count). The van der Waals surface area contributed by atoms with Crippen molar-refractivity contribution in [2.45, 2.75) is 11.8 Å². The standard InChI is InChI=1S/C17H16BrNO7S/c1-2-24-13-4-3-10(18)7-16(13)27(22,23)19-12-9-15-14(25-5-6-26-15)8-11(12)17(20)21/h3-4,7-9,19H,2,5-6H2,1H3,(H,20,21). The Balaban J connectivity index is 2.06. The molecule has 0 fully saturated rings. The molecule has 1 heterocycles. The van der Waals surface area contributed by atoms with E-state index in [0.717, 1.165) is 0 Å². The Morgan fingerprint density at radius 1 is 1.22 bits per heavy atom. The monoisotopic (exact) mass is 457 g/mol. The highest BCUT2D eigenvalue weighted by Crippen LogP contribution is 2.37. The molecule has 8 nitrogen and oxygen atoms in total. The number of hydrogen-bond acceptors (Lipinski definition) is 6. The third-order valence-electron chi connectivity index (χ3n) is 3.65. The van der Waals surface area contributed by atoms with Crippen molar-refractivity contribution in [2.24, 2.45) is 0 Å². The fourth-order valence-corrected chi connectivity index (χ4v) is 4.27. The highest BCUT2D eigenvalue weighted by molar-refractivity contribution is 9.10. The number of carbonyl (C=O) groups is 1. The maximum absolute atomic E-state index is 12.9. The summed E-state index contributed by atoms with van der Waals surface area (Å²) in [7, 11) is -4.14. The first kappa shape index (κ1) is 19.3. The molecule has 2 aromatic rings. The number of sulfonamides is 1. The molecule has 0 spiro atoms. The fraction of sp³-hybridized carbons (Fsp3) is 0.235. The van der Waals surface area contributed by atoms with Gasteiger partial charge >= 0.3 is 5.97 Å². The number of ether oxygens (including phenoxy) is 3. The Morgan fingerprint density at radius 2 is 1.89 bits per heavy atom. The van der Waals surface area contributed by atoms with Gasteiger partial charge in [0.25, 0.3) is 10.0 Å². The molecule has 0 radical (unpaired) electrons. The molecule has 2 N–H and O–H groups in total. The average molecular weight is 458 g/mol. The number of aromatic carboxylic acids is 1. The van der Waals surface area contributed by atoms with Gasteiger partial charge in [0.1, 0.15) is 23.9 Å². The zero-order valence-corrected chi connectivity index (χ0v) is 16.6. The first-order valence-corrected chi connectivity index (χ1v) is 10.2. The van der Waals surface area contributed by atoms with Crippen molar-refractivity contribution in [1.29, 1.82) is 0 Å². The molecule has 0 amide bonds. The van der Waals surface area contributed by atoms with E-state index in [0.29, 0.717) is 4.47 Å². The number of carboxylic acid groups (broad SMARTS) is 1. The summed E-state index contributed by atoms with van der Waals surface area (Å²) in [6, 6.07) is 7.08. The Morgan fingerprint density at radius 3 is 2.52 bits per heavy atom. The van der Waals surface area contributed by atoms with Crippen LogP contribution in [0, 0.1) is 0 Å². The van der Waals surface area contributed by atoms with Crippen molar-refractivity contribution in [3.63, 3.8) is 0 Å². The van der Waals surface area contributed by atoms with Crippen LogP contribution in [-0.2, 0) is 10.0 Å². The van der Waals surface area contributed by atoms with Gasteiger partial charge in [-0.05, 0) is 25.1 Å². The summed E-state index contributed by atoms with van der Waals surface area (Å²) >= 11 is 3.23. The van der Waals surface area contributed by atoms with E-state index in [2.05, 4.69) is 20.7 Å². The second kappa shape index (κ2) is 7.65. The van der Waals surface area contributed by atoms with Crippen LogP contribution in [0.2, 0.25) is 0 Å². The summed E-state index contributed by atoms with van der Waals surface area (Å²) in [5.74, 6) is -0.631. The molecule has 0 aromatic heterocycles. The van der Waals surface area contributed by atoms with Crippen molar-refractivity contribution >= 4 is 37.6 Å². The third kappa shape index (κ3) is 4.11. The zero-order chi connectivity index (χ0) is 19.6. The highest BCUT2D eigenvalue weighted by Gasteiger charge is 2.25. The lowest BCUT2D eigenvalue weighted by molar-refractivity contribution is 0.0697. The van der Waals surface area contributed by atoms with Crippen LogP contribution in [0.5, 0.6) is 17.2 Å². The van der Waals surface area contributed by atoms with Crippen LogP contribution >= 0.6 is 15.9 Å². The lowest BCUT2D eigenvalue weighted by Crippen LogP contribution is -2.19. The number of nitrogens with one attached hydrogen (secondary N) is 1. The van der Waals surface area contributed by atoms with Crippen molar-refractivity contribution in [3.05, 3.63) is 40.4 Å². The predicted molar refractivity (Wildman–Crippen MR) is 101 cm³/mol. The molecular weight excluding hydrogens is 442 g/mol. The molecule has 144 valence electrons. The lowest BCUT2D eigenvalue weighted by Gasteiger charge is -2.21. The molecule has 0 saturated carbocycles. The van der Waals surface area contributed by atoms with Gasteiger partial charge in [-0.1, -0.05) is 15.9 Å². The summed E-state index contributed by atoms with van der Waals surface area (Å²) in [6.07, 6.45) is 0. The topological polar surface area (TPSA) is 111 Å². The molecule has 0 unspecified atom stereocenters. The molecular formula is C17H16BrNO7S. The number of benzene rings is 2. The SMILES string of the molecule is CCOc1ccc(Br)cc1S(=O)(=O)Nc1cc2c(cc1C(=O)O)OCCO2. The van der Waals surface area contributed by atoms with E-state index >= 15 is 0 Å². The van der Waals surface area contributed by atoms with E-state index in [4.69, 9.17) is 14.2 Å². The van der Waals surface area contributed by atoms with Gasteiger partial charge in [-0.2, -0.15) is 0 Å². The van der Waals surface area contributed by atoms with Crippen LogP contribution in [0.3, 0.4) is 0 Å². The summed E-state index contributed by atoms with van der Waals surface area (Å²) < 4.78 is 44.8. The quantitative estimate of drug-likeness (QED) is 0.684. The number of rotatable bonds is 6. The third-order valence-corrected chi connectivity index (χ3v) is 5.53. The van der Waals surface area contributed by atoms with Crippen LogP contribution in [0.15, 0.2) is 39.7 Å². The Kier molecular flexibility index (Phi) is 5.47. The molecule has 0 aliphatic carbocycles. The highest BCUT2D eigenvalue weighted by atomic mass is 79.9. The summed E-state index contributed by atoms with van der Waals surface area (Å²) in [5, 5.41) is 9.45. The molecule has 27 heavy (non-hydrogen) atoms. The normalized spacial score (nSPS) is 13.1. The van der Waals surface area contributed by atoms with Gasteiger partial charge in [0.15, 0.2) is 11.5 Å². The first-order chi connectivity index (χ1) is 12.8. The van der Waals surface area contributed by atoms with E-state index in [9.17, 15) is 18.3 Å². The van der Waals surface area contributed by atoms with Crippen LogP contribution in [-0.4, -0.2) is 39.3 Å². The minimum absolute atomic E-state index is 0.120. The predicted octanol–water partition coefficient (Wildman–Crippen LogP) is 3.12. The van der Waals surface area contributed by atoms with Gasteiger partial charge in [-0.25, -0.2) is 13.2 Å². The van der Waals surface area contributed by atoms with Crippen LogP contribution in [0.25, 0.3) is 0 Å². The van der Waals surface area contributed by atoms with Crippen molar-refractivity contribution in [3.8, 4) is 17.2 Å². The van der Waals surface area contributed by atoms with E-state index < -0.39 is 16.0 Å². The van der Waals surface area contributed by atoms with Crippen molar-refractivity contribution in [1.82, 2.24) is 0 Å². The zero-order valence-electron chi connectivity index (χ0n) is 14.2. The van der Waals surface area contributed by atoms with Crippen LogP contribution in [0.1, 0.15) is 17.3 Å². The average Bonchev–Trinajstić information content (AvgIpc) is 2.62. The molecule has 0 bridgehead atoms. The van der Waals surface area contributed by atoms with E-state index in [1.807, 2.05) is 0 Å². The van der Waals surface area contributed by atoms with Crippen molar-refractivity contribution in [2.75, 3.05) is 24.5 Å². The number of anilines is 1. The molecule has 10 heteroatoms. The summed E-state index contributed by atoms with van der Waals surface area (Å²) in [6.45, 7) is 2.57. The minimum Gasteiger partial charge on any atom is -0.492 e. The molecule has 2 aromatic carbocycles. The van der Waals surface area contributed by atoms with E-state index in [1.165, 1.54) is 24.3 Å². The van der Waals surface area contributed by atoms with E-state index in [-0.39, 0.29) is 53.2 Å². The van der Waals surface area contributed by atoms with Gasteiger partial charge < -0.3 is 19.3 Å². The molecule has 1 aliphatic rings. The smallest absolute Gasteiger partial charge is 0.337 e. The number of halogens is 1. The minimum atomic E-state index is -4.14. The lowest BCUT2D eigenvalue weighted by atomic mass is 10.1. The Bertz CT molecular complexity index is 991. The molecule has 0 saturated heterocycles. The first-order valence-electron chi connectivity index (χ1n) is 7.94. The Hall–Kier alpha value is -2.46. The van der Waals surface area contributed by atoms with Crippen LogP contribution in [0.4, 0.5) is 5.69 Å². The summed E-state index contributed by atoms with van der Waals surface area (Å²) in [5.41, 5.74) is -0.384.